The Hall–Kier alpha value is -2.47. The summed E-state index contributed by atoms with van der Waals surface area (Å²) < 4.78 is 0.864. The maximum absolute atomic E-state index is 12.5. The number of aliphatic carboxylic acids is 1. The maximum Gasteiger partial charge on any atom is 0.304 e. The lowest BCUT2D eigenvalue weighted by molar-refractivity contribution is -0.141. The number of nitrogens with zero attached hydrogens (tertiary/aromatic N) is 1. The molecule has 3 rings (SSSR count). The third-order valence-corrected chi connectivity index (χ3v) is 4.59. The van der Waals surface area contributed by atoms with Crippen LogP contribution in [0.2, 0.25) is 0 Å². The van der Waals surface area contributed by atoms with E-state index in [4.69, 9.17) is 5.11 Å². The zero-order valence-electron chi connectivity index (χ0n) is 12.6. The summed E-state index contributed by atoms with van der Waals surface area (Å²) in [6.07, 6.45) is -0.380. The molecule has 1 aliphatic rings. The number of halogens is 1. The number of benzene rings is 2. The van der Waals surface area contributed by atoms with Gasteiger partial charge in [-0.1, -0.05) is 46.3 Å². The minimum atomic E-state index is -1.10. The highest BCUT2D eigenvalue weighted by Gasteiger charge is 2.49. The predicted octanol–water partition coefficient (Wildman–Crippen LogP) is 3.20. The van der Waals surface area contributed by atoms with Crippen LogP contribution >= 0.6 is 15.9 Å². The average Bonchev–Trinajstić information content (AvgIpc) is 2.81. The Morgan fingerprint density at radius 1 is 1.04 bits per heavy atom. The summed E-state index contributed by atoms with van der Waals surface area (Å²) in [7, 11) is 0. The van der Waals surface area contributed by atoms with Gasteiger partial charge in [0.15, 0.2) is 0 Å². The minimum absolute atomic E-state index is 0.380. The van der Waals surface area contributed by atoms with Crippen molar-refractivity contribution in [3.05, 3.63) is 64.6 Å². The SMILES string of the molecule is O=C(O)C[C@@H]1C(=O)C(=O)N(c2ccccc2)[C@H]1c1ccc(Br)cc1. The number of carbonyl (C=O) groups is 3. The molecule has 0 unspecified atom stereocenters. The Bertz CT molecular complexity index is 788. The highest BCUT2D eigenvalue weighted by atomic mass is 79.9. The van der Waals surface area contributed by atoms with Crippen molar-refractivity contribution >= 4 is 39.3 Å². The molecule has 1 fully saturated rings. The first-order valence-corrected chi connectivity index (χ1v) is 8.18. The molecule has 2 aromatic rings. The fourth-order valence-electron chi connectivity index (χ4n) is 3.03. The fourth-order valence-corrected chi connectivity index (χ4v) is 3.29. The summed E-state index contributed by atoms with van der Waals surface area (Å²) in [4.78, 5) is 37.5. The van der Waals surface area contributed by atoms with Crippen molar-refractivity contribution in [3.63, 3.8) is 0 Å². The van der Waals surface area contributed by atoms with Gasteiger partial charge in [-0.2, -0.15) is 0 Å². The van der Waals surface area contributed by atoms with Crippen molar-refractivity contribution in [2.75, 3.05) is 4.90 Å². The Labute approximate surface area is 147 Å². The minimum Gasteiger partial charge on any atom is -0.481 e. The summed E-state index contributed by atoms with van der Waals surface area (Å²) in [5, 5.41) is 9.15. The number of hydrogen-bond donors (Lipinski definition) is 1. The first-order valence-electron chi connectivity index (χ1n) is 7.38. The number of para-hydroxylation sites is 1. The molecule has 0 saturated carbocycles. The lowest BCUT2D eigenvalue weighted by Gasteiger charge is -2.27. The quantitative estimate of drug-likeness (QED) is 0.817. The molecular formula is C18H14BrNO4. The van der Waals surface area contributed by atoms with Crippen molar-refractivity contribution in [3.8, 4) is 0 Å². The topological polar surface area (TPSA) is 74.7 Å². The molecule has 5 nitrogen and oxygen atoms in total. The zero-order valence-corrected chi connectivity index (χ0v) is 14.1. The van der Waals surface area contributed by atoms with E-state index in [0.29, 0.717) is 5.69 Å². The molecule has 2 aromatic carbocycles. The number of Topliss-reactive ketones (excluding diaryl/α,β-unsaturated/α-hetero) is 1. The Morgan fingerprint density at radius 3 is 2.25 bits per heavy atom. The molecule has 2 atom stereocenters. The average molecular weight is 388 g/mol. The number of carboxylic acids is 1. The maximum atomic E-state index is 12.5. The summed E-state index contributed by atoms with van der Waals surface area (Å²) >= 11 is 3.35. The van der Waals surface area contributed by atoms with Gasteiger partial charge in [0, 0.05) is 10.2 Å². The van der Waals surface area contributed by atoms with Crippen LogP contribution in [0.3, 0.4) is 0 Å². The van der Waals surface area contributed by atoms with Crippen LogP contribution in [0.25, 0.3) is 0 Å². The van der Waals surface area contributed by atoms with Gasteiger partial charge in [0.2, 0.25) is 5.78 Å². The molecule has 6 heteroatoms. The third kappa shape index (κ3) is 2.97. The van der Waals surface area contributed by atoms with E-state index in [-0.39, 0.29) is 6.42 Å². The van der Waals surface area contributed by atoms with Gasteiger partial charge in [-0.3, -0.25) is 19.3 Å². The second-order valence-electron chi connectivity index (χ2n) is 5.58. The van der Waals surface area contributed by atoms with Gasteiger partial charge in [0.25, 0.3) is 5.91 Å². The molecule has 122 valence electrons. The molecule has 1 heterocycles. The molecule has 1 amide bonds. The van der Waals surface area contributed by atoms with E-state index in [2.05, 4.69) is 15.9 Å². The predicted molar refractivity (Wildman–Crippen MR) is 91.6 cm³/mol. The normalized spacial score (nSPS) is 20.5. The van der Waals surface area contributed by atoms with Crippen LogP contribution in [0.5, 0.6) is 0 Å². The standard InChI is InChI=1S/C18H14BrNO4/c19-12-8-6-11(7-9-12)16-14(10-15(21)22)17(23)18(24)20(16)13-4-2-1-3-5-13/h1-9,14,16H,10H2,(H,21,22)/t14-,16-/m0/s1. The smallest absolute Gasteiger partial charge is 0.304 e. The first kappa shape index (κ1) is 16.4. The zero-order chi connectivity index (χ0) is 17.3. The molecule has 0 spiro atoms. The molecule has 1 aliphatic heterocycles. The molecule has 1 N–H and O–H groups in total. The van der Waals surface area contributed by atoms with Crippen LogP contribution in [-0.2, 0) is 14.4 Å². The largest absolute Gasteiger partial charge is 0.481 e. The van der Waals surface area contributed by atoms with Crippen LogP contribution in [0.1, 0.15) is 18.0 Å². The fraction of sp³-hybridized carbons (Fsp3) is 0.167. The molecule has 0 bridgehead atoms. The van der Waals surface area contributed by atoms with Gasteiger partial charge in [0.05, 0.1) is 18.4 Å². The van der Waals surface area contributed by atoms with Crippen LogP contribution in [0.4, 0.5) is 5.69 Å². The van der Waals surface area contributed by atoms with Crippen molar-refractivity contribution in [1.29, 1.82) is 0 Å². The van der Waals surface area contributed by atoms with Gasteiger partial charge < -0.3 is 5.11 Å². The Morgan fingerprint density at radius 2 is 1.67 bits per heavy atom. The highest BCUT2D eigenvalue weighted by Crippen LogP contribution is 2.41. The van der Waals surface area contributed by atoms with Gasteiger partial charge in [-0.25, -0.2) is 0 Å². The number of amides is 1. The third-order valence-electron chi connectivity index (χ3n) is 4.07. The van der Waals surface area contributed by atoms with E-state index in [9.17, 15) is 14.4 Å². The molecule has 1 saturated heterocycles. The number of anilines is 1. The monoisotopic (exact) mass is 387 g/mol. The van der Waals surface area contributed by atoms with Gasteiger partial charge in [-0.15, -0.1) is 0 Å². The van der Waals surface area contributed by atoms with E-state index in [1.165, 1.54) is 4.90 Å². The van der Waals surface area contributed by atoms with Crippen LogP contribution < -0.4 is 4.90 Å². The Kier molecular flexibility index (Phi) is 4.49. The summed E-state index contributed by atoms with van der Waals surface area (Å²) in [5.41, 5.74) is 1.31. The molecule has 0 aliphatic carbocycles. The van der Waals surface area contributed by atoms with Gasteiger partial charge in [0.1, 0.15) is 0 Å². The molecular weight excluding hydrogens is 374 g/mol. The number of carboxylic acid groups (broad SMARTS) is 1. The van der Waals surface area contributed by atoms with Gasteiger partial charge in [-0.05, 0) is 29.8 Å². The number of ketones is 1. The van der Waals surface area contributed by atoms with Crippen LogP contribution in [-0.4, -0.2) is 22.8 Å². The second kappa shape index (κ2) is 6.57. The van der Waals surface area contributed by atoms with Crippen molar-refractivity contribution in [2.24, 2.45) is 5.92 Å². The number of hydrogen-bond acceptors (Lipinski definition) is 3. The lowest BCUT2D eigenvalue weighted by atomic mass is 9.90. The highest BCUT2D eigenvalue weighted by molar-refractivity contribution is 9.10. The summed E-state index contributed by atoms with van der Waals surface area (Å²) in [6.45, 7) is 0. The molecule has 0 aromatic heterocycles. The van der Waals surface area contributed by atoms with E-state index < -0.39 is 29.6 Å². The number of rotatable bonds is 4. The summed E-state index contributed by atoms with van der Waals surface area (Å²) in [5.74, 6) is -3.33. The van der Waals surface area contributed by atoms with Crippen LogP contribution in [0.15, 0.2) is 59.1 Å². The second-order valence-corrected chi connectivity index (χ2v) is 6.49. The van der Waals surface area contributed by atoms with Gasteiger partial charge >= 0.3 is 5.97 Å². The lowest BCUT2D eigenvalue weighted by Crippen LogP contribution is -2.29. The van der Waals surface area contributed by atoms with Crippen molar-refractivity contribution in [1.82, 2.24) is 0 Å². The van der Waals surface area contributed by atoms with E-state index in [1.807, 2.05) is 18.2 Å². The van der Waals surface area contributed by atoms with E-state index in [0.717, 1.165) is 10.0 Å². The van der Waals surface area contributed by atoms with Crippen molar-refractivity contribution in [2.45, 2.75) is 12.5 Å². The van der Waals surface area contributed by atoms with Crippen LogP contribution in [0, 0.1) is 5.92 Å². The Balaban J connectivity index is 2.11. The molecule has 0 radical (unpaired) electrons. The van der Waals surface area contributed by atoms with E-state index in [1.54, 1.807) is 36.4 Å². The first-order chi connectivity index (χ1) is 11.5. The van der Waals surface area contributed by atoms with E-state index >= 15 is 0 Å². The molecule has 24 heavy (non-hydrogen) atoms. The van der Waals surface area contributed by atoms with Crippen molar-refractivity contribution < 1.29 is 19.5 Å². The summed E-state index contributed by atoms with van der Waals surface area (Å²) in [6, 6.07) is 15.4. The number of carbonyl (C=O) groups excluding carboxylic acids is 2.